The largest absolute Gasteiger partial charge is 0.383 e. The van der Waals surface area contributed by atoms with Crippen molar-refractivity contribution in [1.29, 1.82) is 0 Å². The van der Waals surface area contributed by atoms with Gasteiger partial charge in [0.25, 0.3) is 5.56 Å². The highest BCUT2D eigenvalue weighted by Crippen LogP contribution is 2.25. The third-order valence-electron chi connectivity index (χ3n) is 5.35. The lowest BCUT2D eigenvalue weighted by atomic mass is 10.1. The van der Waals surface area contributed by atoms with Crippen molar-refractivity contribution < 1.29 is 9.53 Å². The quantitative estimate of drug-likeness (QED) is 0.496. The molecular formula is C24H26N4O3. The average Bonchev–Trinajstić information content (AvgIpc) is 3.18. The van der Waals surface area contributed by atoms with Gasteiger partial charge in [0.15, 0.2) is 0 Å². The molecule has 0 unspecified atom stereocenters. The van der Waals surface area contributed by atoms with E-state index in [9.17, 15) is 9.59 Å². The highest BCUT2D eigenvalue weighted by molar-refractivity contribution is 6.02. The summed E-state index contributed by atoms with van der Waals surface area (Å²) in [5.41, 5.74) is 2.23. The Hall–Kier alpha value is -3.45. The first-order valence-electron chi connectivity index (χ1n) is 10.4. The smallest absolute Gasteiger partial charge is 0.274 e. The zero-order valence-electron chi connectivity index (χ0n) is 18.0. The molecule has 0 spiro atoms. The summed E-state index contributed by atoms with van der Waals surface area (Å²) < 4.78 is 8.72. The molecule has 1 amide bonds. The molecule has 0 saturated heterocycles. The molecule has 160 valence electrons. The number of hydrogen-bond acceptors (Lipinski definition) is 4. The van der Waals surface area contributed by atoms with E-state index in [4.69, 9.17) is 4.74 Å². The number of carbonyl (C=O) groups excluding carboxylic acids is 1. The van der Waals surface area contributed by atoms with E-state index in [1.54, 1.807) is 13.2 Å². The van der Waals surface area contributed by atoms with Crippen LogP contribution in [0.25, 0.3) is 21.7 Å². The zero-order valence-corrected chi connectivity index (χ0v) is 18.0. The Kier molecular flexibility index (Phi) is 5.86. The SMILES string of the molecule is COCCn1ccc2c(NC(=O)Cc3nn(C(C)C)c(=O)c4ccccc34)cccc21. The van der Waals surface area contributed by atoms with Crippen LogP contribution in [0.3, 0.4) is 0 Å². The topological polar surface area (TPSA) is 78.2 Å². The monoisotopic (exact) mass is 418 g/mol. The number of aromatic nitrogens is 3. The van der Waals surface area contributed by atoms with Gasteiger partial charge in [-0.15, -0.1) is 0 Å². The predicted octanol–water partition coefficient (Wildman–Crippen LogP) is 3.76. The summed E-state index contributed by atoms with van der Waals surface area (Å²) in [5.74, 6) is -0.177. The maximum atomic E-state index is 12.9. The van der Waals surface area contributed by atoms with Gasteiger partial charge in [-0.25, -0.2) is 4.68 Å². The summed E-state index contributed by atoms with van der Waals surface area (Å²) in [4.78, 5) is 25.7. The normalized spacial score (nSPS) is 11.5. The van der Waals surface area contributed by atoms with Crippen LogP contribution in [0.15, 0.2) is 59.5 Å². The minimum Gasteiger partial charge on any atom is -0.383 e. The van der Waals surface area contributed by atoms with Crippen LogP contribution in [0.4, 0.5) is 5.69 Å². The summed E-state index contributed by atoms with van der Waals surface area (Å²) in [6.45, 7) is 5.17. The second-order valence-corrected chi connectivity index (χ2v) is 7.80. The fraction of sp³-hybridized carbons (Fsp3) is 0.292. The van der Waals surface area contributed by atoms with E-state index < -0.39 is 0 Å². The van der Waals surface area contributed by atoms with Gasteiger partial charge in [0, 0.05) is 30.6 Å². The van der Waals surface area contributed by atoms with Gasteiger partial charge in [-0.2, -0.15) is 5.10 Å². The highest BCUT2D eigenvalue weighted by Gasteiger charge is 2.16. The third-order valence-corrected chi connectivity index (χ3v) is 5.35. The minimum atomic E-state index is -0.177. The van der Waals surface area contributed by atoms with Crippen molar-refractivity contribution >= 4 is 33.3 Å². The fourth-order valence-electron chi connectivity index (χ4n) is 3.82. The van der Waals surface area contributed by atoms with Crippen LogP contribution in [0.1, 0.15) is 25.6 Å². The van der Waals surface area contributed by atoms with Gasteiger partial charge < -0.3 is 14.6 Å². The van der Waals surface area contributed by atoms with E-state index in [-0.39, 0.29) is 23.9 Å². The Bertz CT molecular complexity index is 1300. The number of anilines is 1. The first-order chi connectivity index (χ1) is 15.0. The van der Waals surface area contributed by atoms with Crippen LogP contribution >= 0.6 is 0 Å². The Morgan fingerprint density at radius 1 is 1.06 bits per heavy atom. The summed E-state index contributed by atoms with van der Waals surface area (Å²) in [7, 11) is 1.68. The highest BCUT2D eigenvalue weighted by atomic mass is 16.5. The number of methoxy groups -OCH3 is 1. The van der Waals surface area contributed by atoms with Crippen molar-refractivity contribution in [2.75, 3.05) is 19.0 Å². The predicted molar refractivity (Wildman–Crippen MR) is 123 cm³/mol. The van der Waals surface area contributed by atoms with Crippen LogP contribution in [-0.4, -0.2) is 34.0 Å². The summed E-state index contributed by atoms with van der Waals surface area (Å²) in [6.07, 6.45) is 2.07. The molecule has 4 rings (SSSR count). The summed E-state index contributed by atoms with van der Waals surface area (Å²) in [6, 6.07) is 15.0. The number of nitrogens with one attached hydrogen (secondary N) is 1. The molecule has 0 radical (unpaired) electrons. The number of benzene rings is 2. The van der Waals surface area contributed by atoms with E-state index in [2.05, 4.69) is 15.0 Å². The van der Waals surface area contributed by atoms with Crippen molar-refractivity contribution in [3.8, 4) is 0 Å². The number of fused-ring (bicyclic) bond motifs is 2. The summed E-state index contributed by atoms with van der Waals surface area (Å²) >= 11 is 0. The molecule has 31 heavy (non-hydrogen) atoms. The molecule has 0 aliphatic heterocycles. The van der Waals surface area contributed by atoms with E-state index >= 15 is 0 Å². The Labute approximate surface area is 180 Å². The minimum absolute atomic E-state index is 0.0777. The van der Waals surface area contributed by atoms with Crippen molar-refractivity contribution in [2.24, 2.45) is 0 Å². The molecule has 0 fully saturated rings. The Balaban J connectivity index is 1.64. The van der Waals surface area contributed by atoms with Gasteiger partial charge in [-0.05, 0) is 38.1 Å². The van der Waals surface area contributed by atoms with Gasteiger partial charge >= 0.3 is 0 Å². The van der Waals surface area contributed by atoms with Crippen molar-refractivity contribution in [3.63, 3.8) is 0 Å². The molecule has 1 N–H and O–H groups in total. The van der Waals surface area contributed by atoms with E-state index in [0.717, 1.165) is 23.1 Å². The standard InChI is InChI=1S/C24H26N4O3/c1-16(2)28-24(30)18-8-5-4-7-17(18)21(26-28)15-23(29)25-20-9-6-10-22-19(20)11-12-27(22)13-14-31-3/h4-12,16H,13-15H2,1-3H3,(H,25,29). The van der Waals surface area contributed by atoms with Crippen LogP contribution in [0, 0.1) is 0 Å². The molecule has 2 aromatic carbocycles. The van der Waals surface area contributed by atoms with Crippen molar-refractivity contribution in [1.82, 2.24) is 14.3 Å². The molecule has 2 aromatic heterocycles. The van der Waals surface area contributed by atoms with E-state index in [1.165, 1.54) is 4.68 Å². The Morgan fingerprint density at radius 3 is 2.58 bits per heavy atom. The van der Waals surface area contributed by atoms with Crippen molar-refractivity contribution in [2.45, 2.75) is 32.9 Å². The van der Waals surface area contributed by atoms with Gasteiger partial charge in [-0.3, -0.25) is 9.59 Å². The molecule has 7 nitrogen and oxygen atoms in total. The zero-order chi connectivity index (χ0) is 22.0. The van der Waals surface area contributed by atoms with E-state index in [0.29, 0.717) is 23.1 Å². The first kappa shape index (κ1) is 20.8. The molecular weight excluding hydrogens is 392 g/mol. The van der Waals surface area contributed by atoms with Crippen molar-refractivity contribution in [3.05, 3.63) is 70.8 Å². The van der Waals surface area contributed by atoms with Gasteiger partial charge in [0.2, 0.25) is 5.91 Å². The molecule has 2 heterocycles. The molecule has 0 aliphatic carbocycles. The number of nitrogens with zero attached hydrogens (tertiary/aromatic N) is 3. The summed E-state index contributed by atoms with van der Waals surface area (Å²) in [5, 5.41) is 9.78. The second kappa shape index (κ2) is 8.73. The van der Waals surface area contributed by atoms with Gasteiger partial charge in [-0.1, -0.05) is 24.3 Å². The van der Waals surface area contributed by atoms with Gasteiger partial charge in [0.1, 0.15) is 0 Å². The third kappa shape index (κ3) is 4.09. The number of ether oxygens (including phenoxy) is 1. The molecule has 7 heteroatoms. The first-order valence-corrected chi connectivity index (χ1v) is 10.4. The molecule has 0 bridgehead atoms. The lowest BCUT2D eigenvalue weighted by Crippen LogP contribution is -2.27. The lowest BCUT2D eigenvalue weighted by Gasteiger charge is -2.14. The number of hydrogen-bond donors (Lipinski definition) is 1. The molecule has 4 aromatic rings. The fourth-order valence-corrected chi connectivity index (χ4v) is 3.82. The number of amides is 1. The second-order valence-electron chi connectivity index (χ2n) is 7.80. The number of carbonyl (C=O) groups is 1. The number of rotatable bonds is 7. The maximum Gasteiger partial charge on any atom is 0.274 e. The lowest BCUT2D eigenvalue weighted by molar-refractivity contribution is -0.115. The average molecular weight is 418 g/mol. The van der Waals surface area contributed by atoms with Crippen LogP contribution in [0.5, 0.6) is 0 Å². The maximum absolute atomic E-state index is 12.9. The van der Waals surface area contributed by atoms with E-state index in [1.807, 2.05) is 62.5 Å². The Morgan fingerprint density at radius 2 is 1.84 bits per heavy atom. The van der Waals surface area contributed by atoms with Crippen LogP contribution in [0.2, 0.25) is 0 Å². The molecule has 0 aliphatic rings. The van der Waals surface area contributed by atoms with Gasteiger partial charge in [0.05, 0.1) is 41.4 Å². The molecule has 0 saturated carbocycles. The van der Waals surface area contributed by atoms with Crippen LogP contribution < -0.4 is 10.9 Å². The molecule has 0 atom stereocenters. The van der Waals surface area contributed by atoms with Crippen LogP contribution in [-0.2, 0) is 22.5 Å².